The SMILES string of the molecule is CCC(CC)NCc1cccc(Cl)c1Cl. The van der Waals surface area contributed by atoms with Crippen molar-refractivity contribution in [3.8, 4) is 0 Å². The molecule has 0 amide bonds. The summed E-state index contributed by atoms with van der Waals surface area (Å²) in [6.07, 6.45) is 2.27. The molecule has 0 radical (unpaired) electrons. The van der Waals surface area contributed by atoms with Crippen LogP contribution in [0, 0.1) is 0 Å². The summed E-state index contributed by atoms with van der Waals surface area (Å²) in [5, 5.41) is 4.75. The Morgan fingerprint density at radius 1 is 1.20 bits per heavy atom. The predicted octanol–water partition coefficient (Wildman–Crippen LogP) is 4.27. The van der Waals surface area contributed by atoms with Gasteiger partial charge in [-0.2, -0.15) is 0 Å². The first kappa shape index (κ1) is 12.8. The van der Waals surface area contributed by atoms with Crippen LogP contribution < -0.4 is 5.32 Å². The largest absolute Gasteiger partial charge is 0.310 e. The molecule has 1 aromatic carbocycles. The first-order valence-corrected chi connectivity index (χ1v) is 6.10. The molecule has 0 aliphatic rings. The normalized spacial score (nSPS) is 11.0. The fourth-order valence-electron chi connectivity index (χ4n) is 1.52. The lowest BCUT2D eigenvalue weighted by Crippen LogP contribution is -2.27. The van der Waals surface area contributed by atoms with Crippen molar-refractivity contribution in [2.24, 2.45) is 0 Å². The first-order valence-electron chi connectivity index (χ1n) is 5.35. The maximum absolute atomic E-state index is 6.09. The third-order valence-electron chi connectivity index (χ3n) is 2.60. The summed E-state index contributed by atoms with van der Waals surface area (Å²) in [4.78, 5) is 0. The molecule has 0 heterocycles. The van der Waals surface area contributed by atoms with E-state index in [-0.39, 0.29) is 0 Å². The van der Waals surface area contributed by atoms with Crippen LogP contribution in [0.25, 0.3) is 0 Å². The zero-order chi connectivity index (χ0) is 11.3. The summed E-state index contributed by atoms with van der Waals surface area (Å²) in [5.74, 6) is 0. The van der Waals surface area contributed by atoms with Crippen molar-refractivity contribution >= 4 is 23.2 Å². The second kappa shape index (κ2) is 6.37. The Morgan fingerprint density at radius 2 is 1.87 bits per heavy atom. The molecule has 0 spiro atoms. The highest BCUT2D eigenvalue weighted by molar-refractivity contribution is 6.42. The molecule has 0 aliphatic carbocycles. The van der Waals surface area contributed by atoms with Gasteiger partial charge < -0.3 is 5.32 Å². The second-order valence-corrected chi connectivity index (χ2v) is 4.39. The van der Waals surface area contributed by atoms with Crippen LogP contribution in [0.2, 0.25) is 10.0 Å². The molecule has 3 heteroatoms. The summed E-state index contributed by atoms with van der Waals surface area (Å²) < 4.78 is 0. The molecule has 0 unspecified atom stereocenters. The first-order chi connectivity index (χ1) is 7.19. The van der Waals surface area contributed by atoms with Gasteiger partial charge in [0.2, 0.25) is 0 Å². The molecule has 15 heavy (non-hydrogen) atoms. The lowest BCUT2D eigenvalue weighted by Gasteiger charge is -2.15. The van der Waals surface area contributed by atoms with Gasteiger partial charge in [-0.15, -0.1) is 0 Å². The van der Waals surface area contributed by atoms with Crippen molar-refractivity contribution in [1.82, 2.24) is 5.32 Å². The van der Waals surface area contributed by atoms with Gasteiger partial charge in [0.15, 0.2) is 0 Å². The van der Waals surface area contributed by atoms with E-state index < -0.39 is 0 Å². The van der Waals surface area contributed by atoms with Crippen molar-refractivity contribution in [2.75, 3.05) is 0 Å². The van der Waals surface area contributed by atoms with Crippen LogP contribution in [-0.2, 0) is 6.54 Å². The maximum atomic E-state index is 6.09. The highest BCUT2D eigenvalue weighted by Gasteiger charge is 2.06. The lowest BCUT2D eigenvalue weighted by molar-refractivity contribution is 0.484. The van der Waals surface area contributed by atoms with Crippen LogP contribution in [0.3, 0.4) is 0 Å². The zero-order valence-corrected chi connectivity index (χ0v) is 10.7. The molecule has 0 atom stereocenters. The molecular weight excluding hydrogens is 229 g/mol. The van der Waals surface area contributed by atoms with Gasteiger partial charge in [-0.3, -0.25) is 0 Å². The van der Waals surface area contributed by atoms with Crippen molar-refractivity contribution in [3.63, 3.8) is 0 Å². The van der Waals surface area contributed by atoms with Crippen LogP contribution >= 0.6 is 23.2 Å². The van der Waals surface area contributed by atoms with Crippen LogP contribution in [0.1, 0.15) is 32.3 Å². The minimum Gasteiger partial charge on any atom is -0.310 e. The predicted molar refractivity (Wildman–Crippen MR) is 67.7 cm³/mol. The van der Waals surface area contributed by atoms with Crippen molar-refractivity contribution in [1.29, 1.82) is 0 Å². The van der Waals surface area contributed by atoms with E-state index in [4.69, 9.17) is 23.2 Å². The van der Waals surface area contributed by atoms with Crippen LogP contribution in [-0.4, -0.2) is 6.04 Å². The molecular formula is C12H17Cl2N. The van der Waals surface area contributed by atoms with E-state index in [1.807, 2.05) is 18.2 Å². The Hall–Kier alpha value is -0.240. The Morgan fingerprint density at radius 3 is 2.47 bits per heavy atom. The van der Waals surface area contributed by atoms with Crippen LogP contribution in [0.4, 0.5) is 0 Å². The van der Waals surface area contributed by atoms with Gasteiger partial charge in [-0.1, -0.05) is 49.2 Å². The van der Waals surface area contributed by atoms with Gasteiger partial charge in [-0.05, 0) is 24.5 Å². The highest BCUT2D eigenvalue weighted by atomic mass is 35.5. The van der Waals surface area contributed by atoms with E-state index >= 15 is 0 Å². The number of hydrogen-bond acceptors (Lipinski definition) is 1. The fraction of sp³-hybridized carbons (Fsp3) is 0.500. The van der Waals surface area contributed by atoms with Gasteiger partial charge in [0, 0.05) is 12.6 Å². The number of halogens is 2. The topological polar surface area (TPSA) is 12.0 Å². The molecule has 0 fully saturated rings. The average Bonchev–Trinajstić information content (AvgIpc) is 2.25. The molecule has 1 aromatic rings. The summed E-state index contributed by atoms with van der Waals surface area (Å²) in [5.41, 5.74) is 1.07. The molecule has 0 aliphatic heterocycles. The third-order valence-corrected chi connectivity index (χ3v) is 3.46. The number of nitrogens with one attached hydrogen (secondary N) is 1. The van der Waals surface area contributed by atoms with Crippen molar-refractivity contribution in [3.05, 3.63) is 33.8 Å². The lowest BCUT2D eigenvalue weighted by atomic mass is 10.1. The summed E-state index contributed by atoms with van der Waals surface area (Å²) in [7, 11) is 0. The van der Waals surface area contributed by atoms with Gasteiger partial charge >= 0.3 is 0 Å². The van der Waals surface area contributed by atoms with E-state index in [9.17, 15) is 0 Å². The number of rotatable bonds is 5. The molecule has 1 nitrogen and oxygen atoms in total. The second-order valence-electron chi connectivity index (χ2n) is 3.61. The van der Waals surface area contributed by atoms with E-state index in [2.05, 4.69) is 19.2 Å². The van der Waals surface area contributed by atoms with Gasteiger partial charge in [0.1, 0.15) is 0 Å². The molecule has 0 saturated carbocycles. The van der Waals surface area contributed by atoms with Crippen LogP contribution in [0.15, 0.2) is 18.2 Å². The molecule has 1 N–H and O–H groups in total. The Labute approximate surface area is 102 Å². The molecule has 0 saturated heterocycles. The van der Waals surface area contributed by atoms with E-state index in [0.29, 0.717) is 16.1 Å². The minimum atomic E-state index is 0.556. The van der Waals surface area contributed by atoms with Gasteiger partial charge in [-0.25, -0.2) is 0 Å². The van der Waals surface area contributed by atoms with Gasteiger partial charge in [0.25, 0.3) is 0 Å². The fourth-order valence-corrected chi connectivity index (χ4v) is 1.90. The maximum Gasteiger partial charge on any atom is 0.0637 e. The van der Waals surface area contributed by atoms with E-state index in [1.54, 1.807) is 0 Å². The molecule has 0 bridgehead atoms. The van der Waals surface area contributed by atoms with Crippen LogP contribution in [0.5, 0.6) is 0 Å². The van der Waals surface area contributed by atoms with Gasteiger partial charge in [0.05, 0.1) is 10.0 Å². The quantitative estimate of drug-likeness (QED) is 0.817. The average molecular weight is 246 g/mol. The van der Waals surface area contributed by atoms with E-state index in [0.717, 1.165) is 24.9 Å². The van der Waals surface area contributed by atoms with Crippen molar-refractivity contribution < 1.29 is 0 Å². The smallest absolute Gasteiger partial charge is 0.0637 e. The standard InChI is InChI=1S/C12H17Cl2N/c1-3-10(4-2)15-8-9-6-5-7-11(13)12(9)14/h5-7,10,15H,3-4,8H2,1-2H3. The third kappa shape index (κ3) is 3.67. The highest BCUT2D eigenvalue weighted by Crippen LogP contribution is 2.25. The van der Waals surface area contributed by atoms with Crippen molar-refractivity contribution in [2.45, 2.75) is 39.3 Å². The number of benzene rings is 1. The molecule has 84 valence electrons. The molecule has 0 aromatic heterocycles. The van der Waals surface area contributed by atoms with E-state index in [1.165, 1.54) is 0 Å². The Kier molecular flexibility index (Phi) is 5.44. The number of hydrogen-bond donors (Lipinski definition) is 1. The summed E-state index contributed by atoms with van der Waals surface area (Å²) in [6.45, 7) is 5.15. The Bertz CT molecular complexity index is 308. The molecule has 1 rings (SSSR count). The summed E-state index contributed by atoms with van der Waals surface area (Å²) in [6, 6.07) is 6.30. The zero-order valence-electron chi connectivity index (χ0n) is 9.19. The Balaban J connectivity index is 2.61. The minimum absolute atomic E-state index is 0.556. The monoisotopic (exact) mass is 245 g/mol. The summed E-state index contributed by atoms with van der Waals surface area (Å²) >= 11 is 12.0.